The minimum Gasteiger partial charge on any atom is -0.494 e. The molecule has 5 nitrogen and oxygen atoms in total. The van der Waals surface area contributed by atoms with Crippen LogP contribution in [0.2, 0.25) is 0 Å². The maximum Gasteiger partial charge on any atom is 0.282 e. The Morgan fingerprint density at radius 3 is 2.03 bits per heavy atom. The third kappa shape index (κ3) is 4.27. The van der Waals surface area contributed by atoms with E-state index in [0.717, 1.165) is 23.4 Å². The number of rotatable bonds is 8. The minimum absolute atomic E-state index is 0.321. The molecule has 33 heavy (non-hydrogen) atoms. The van der Waals surface area contributed by atoms with Crippen LogP contribution in [-0.4, -0.2) is 25.0 Å². The molecule has 0 aromatic heterocycles. The topological polar surface area (TPSA) is 49.9 Å². The zero-order valence-corrected chi connectivity index (χ0v) is 19.2. The lowest BCUT2D eigenvalue weighted by Gasteiger charge is -2.25. The summed E-state index contributed by atoms with van der Waals surface area (Å²) in [6.45, 7) is 7.08. The van der Waals surface area contributed by atoms with E-state index in [1.165, 1.54) is 4.90 Å². The molecular weight excluding hydrogens is 412 g/mol. The number of likely N-dealkylation sites (N-methyl/N-ethyl adjacent to an activating group) is 1. The highest BCUT2D eigenvalue weighted by Crippen LogP contribution is 2.37. The Morgan fingerprint density at radius 1 is 0.788 bits per heavy atom. The number of ether oxygens (including phenoxy) is 1. The molecular formula is C28H28N2O3. The summed E-state index contributed by atoms with van der Waals surface area (Å²) in [5, 5.41) is 0. The first kappa shape index (κ1) is 22.3. The standard InChI is InChI=1S/C28H28N2O3/c1-4-20-12-16-23(17-13-20)30-27(31)25(21-14-18-24(19-15-21)33-6-3)26(28(30)32)29(5-2)22-10-8-7-9-11-22/h7-19H,4-6H2,1-3H3. The van der Waals surface area contributed by atoms with Crippen LogP contribution in [0.5, 0.6) is 5.75 Å². The number of carbonyl (C=O) groups is 2. The fourth-order valence-electron chi connectivity index (χ4n) is 4.11. The Bertz CT molecular complexity index is 1170. The second-order valence-electron chi connectivity index (χ2n) is 7.73. The van der Waals surface area contributed by atoms with Gasteiger partial charge in [0.2, 0.25) is 0 Å². The van der Waals surface area contributed by atoms with Gasteiger partial charge in [-0.3, -0.25) is 9.59 Å². The van der Waals surface area contributed by atoms with Crippen LogP contribution < -0.4 is 14.5 Å². The lowest BCUT2D eigenvalue weighted by atomic mass is 10.0. The number of carbonyl (C=O) groups excluding carboxylic acids is 2. The third-order valence-corrected chi connectivity index (χ3v) is 5.77. The van der Waals surface area contributed by atoms with Crippen molar-refractivity contribution in [3.05, 3.63) is 95.7 Å². The van der Waals surface area contributed by atoms with Gasteiger partial charge in [-0.15, -0.1) is 0 Å². The molecule has 0 N–H and O–H groups in total. The summed E-state index contributed by atoms with van der Waals surface area (Å²) in [6.07, 6.45) is 0.890. The zero-order valence-electron chi connectivity index (χ0n) is 19.2. The van der Waals surface area contributed by atoms with Crippen molar-refractivity contribution in [1.29, 1.82) is 0 Å². The Morgan fingerprint density at radius 2 is 1.45 bits per heavy atom. The van der Waals surface area contributed by atoms with E-state index in [2.05, 4.69) is 6.92 Å². The van der Waals surface area contributed by atoms with Crippen LogP contribution in [0.4, 0.5) is 11.4 Å². The van der Waals surface area contributed by atoms with Gasteiger partial charge in [0.15, 0.2) is 0 Å². The van der Waals surface area contributed by atoms with Gasteiger partial charge in [-0.1, -0.05) is 49.4 Å². The average Bonchev–Trinajstić information content (AvgIpc) is 3.11. The molecule has 1 aliphatic heterocycles. The van der Waals surface area contributed by atoms with Crippen molar-refractivity contribution in [2.24, 2.45) is 0 Å². The third-order valence-electron chi connectivity index (χ3n) is 5.77. The summed E-state index contributed by atoms with van der Waals surface area (Å²) in [5.74, 6) is 0.0826. The fourth-order valence-corrected chi connectivity index (χ4v) is 4.11. The van der Waals surface area contributed by atoms with Gasteiger partial charge in [0.25, 0.3) is 11.8 Å². The van der Waals surface area contributed by atoms with Crippen molar-refractivity contribution in [2.75, 3.05) is 23.0 Å². The van der Waals surface area contributed by atoms with Crippen molar-refractivity contribution >= 4 is 28.8 Å². The highest BCUT2D eigenvalue weighted by atomic mass is 16.5. The summed E-state index contributed by atoms with van der Waals surface area (Å²) in [6, 6.07) is 24.6. The summed E-state index contributed by atoms with van der Waals surface area (Å²) in [5.41, 5.74) is 4.06. The monoisotopic (exact) mass is 440 g/mol. The van der Waals surface area contributed by atoms with Gasteiger partial charge in [-0.25, -0.2) is 4.90 Å². The van der Waals surface area contributed by atoms with E-state index in [1.54, 1.807) is 0 Å². The molecule has 168 valence electrons. The van der Waals surface area contributed by atoms with Crippen molar-refractivity contribution < 1.29 is 14.3 Å². The summed E-state index contributed by atoms with van der Waals surface area (Å²) in [4.78, 5) is 30.7. The van der Waals surface area contributed by atoms with Crippen LogP contribution in [0.15, 0.2) is 84.6 Å². The van der Waals surface area contributed by atoms with Crippen molar-refractivity contribution in [3.63, 3.8) is 0 Å². The molecule has 3 aromatic rings. The van der Waals surface area contributed by atoms with Gasteiger partial charge in [0.05, 0.1) is 17.9 Å². The number of hydrogen-bond acceptors (Lipinski definition) is 4. The number of hydrogen-bond donors (Lipinski definition) is 0. The van der Waals surface area contributed by atoms with Crippen LogP contribution in [0, 0.1) is 0 Å². The maximum absolute atomic E-state index is 13.8. The van der Waals surface area contributed by atoms with Gasteiger partial charge in [-0.2, -0.15) is 0 Å². The van der Waals surface area contributed by atoms with Gasteiger partial charge in [-0.05, 0) is 67.8 Å². The summed E-state index contributed by atoms with van der Waals surface area (Å²) >= 11 is 0. The van der Waals surface area contributed by atoms with Gasteiger partial charge in [0.1, 0.15) is 11.4 Å². The highest BCUT2D eigenvalue weighted by Gasteiger charge is 2.42. The predicted molar refractivity (Wildman–Crippen MR) is 132 cm³/mol. The first-order valence-corrected chi connectivity index (χ1v) is 11.4. The summed E-state index contributed by atoms with van der Waals surface area (Å²) in [7, 11) is 0. The molecule has 0 spiro atoms. The minimum atomic E-state index is -0.321. The first-order valence-electron chi connectivity index (χ1n) is 11.4. The van der Waals surface area contributed by atoms with E-state index in [0.29, 0.717) is 35.7 Å². The molecule has 5 heteroatoms. The van der Waals surface area contributed by atoms with Crippen LogP contribution in [0.25, 0.3) is 5.57 Å². The predicted octanol–water partition coefficient (Wildman–Crippen LogP) is 5.46. The number of imide groups is 1. The van der Waals surface area contributed by atoms with E-state index in [9.17, 15) is 9.59 Å². The van der Waals surface area contributed by atoms with Crippen LogP contribution in [-0.2, 0) is 16.0 Å². The van der Waals surface area contributed by atoms with E-state index >= 15 is 0 Å². The second-order valence-corrected chi connectivity index (χ2v) is 7.73. The first-order chi connectivity index (χ1) is 16.1. The summed E-state index contributed by atoms with van der Waals surface area (Å²) < 4.78 is 5.56. The van der Waals surface area contributed by atoms with Crippen molar-refractivity contribution in [3.8, 4) is 5.75 Å². The zero-order chi connectivity index (χ0) is 23.4. The number of aryl methyl sites for hydroxylation is 1. The molecule has 1 aliphatic rings. The number of para-hydroxylation sites is 1. The molecule has 4 rings (SSSR count). The van der Waals surface area contributed by atoms with Crippen molar-refractivity contribution in [2.45, 2.75) is 27.2 Å². The molecule has 0 fully saturated rings. The lowest BCUT2D eigenvalue weighted by molar-refractivity contribution is -0.120. The van der Waals surface area contributed by atoms with E-state index < -0.39 is 0 Å². The molecule has 0 unspecified atom stereocenters. The quantitative estimate of drug-likeness (QED) is 0.437. The number of amides is 2. The Balaban J connectivity index is 1.84. The molecule has 3 aromatic carbocycles. The van der Waals surface area contributed by atoms with Crippen LogP contribution in [0.3, 0.4) is 0 Å². The van der Waals surface area contributed by atoms with Gasteiger partial charge in [0, 0.05) is 12.2 Å². The molecule has 0 saturated carbocycles. The van der Waals surface area contributed by atoms with Crippen LogP contribution in [0.1, 0.15) is 31.9 Å². The van der Waals surface area contributed by atoms with Gasteiger partial charge >= 0.3 is 0 Å². The SMILES string of the molecule is CCOc1ccc(C2=C(N(CC)c3ccccc3)C(=O)N(c3ccc(CC)cc3)C2=O)cc1. The van der Waals surface area contributed by atoms with E-state index in [1.807, 2.05) is 97.6 Å². The molecule has 0 radical (unpaired) electrons. The Kier molecular flexibility index (Phi) is 6.59. The Hall–Kier alpha value is -3.86. The Labute approximate surface area is 194 Å². The van der Waals surface area contributed by atoms with E-state index in [-0.39, 0.29) is 11.8 Å². The average molecular weight is 441 g/mol. The molecule has 0 atom stereocenters. The van der Waals surface area contributed by atoms with Crippen molar-refractivity contribution in [1.82, 2.24) is 0 Å². The van der Waals surface area contributed by atoms with Gasteiger partial charge < -0.3 is 9.64 Å². The van der Waals surface area contributed by atoms with E-state index in [4.69, 9.17) is 4.74 Å². The maximum atomic E-state index is 13.8. The number of anilines is 2. The smallest absolute Gasteiger partial charge is 0.282 e. The molecule has 0 aliphatic carbocycles. The second kappa shape index (κ2) is 9.74. The largest absolute Gasteiger partial charge is 0.494 e. The highest BCUT2D eigenvalue weighted by molar-refractivity contribution is 6.46. The van der Waals surface area contributed by atoms with Crippen LogP contribution >= 0.6 is 0 Å². The molecule has 0 bridgehead atoms. The lowest BCUT2D eigenvalue weighted by Crippen LogP contribution is -2.35. The normalized spacial score (nSPS) is 13.6. The number of benzene rings is 3. The molecule has 0 saturated heterocycles. The molecule has 2 amide bonds. The fraction of sp³-hybridized carbons (Fsp3) is 0.214. The molecule has 1 heterocycles. The number of nitrogens with zero attached hydrogens (tertiary/aromatic N) is 2.